The van der Waals surface area contributed by atoms with E-state index in [0.29, 0.717) is 5.02 Å². The number of hydrogen-bond donors (Lipinski definition) is 1. The first-order chi connectivity index (χ1) is 9.11. The molecule has 0 atom stereocenters. The lowest BCUT2D eigenvalue weighted by atomic mass is 10.3. The van der Waals surface area contributed by atoms with E-state index < -0.39 is 0 Å². The Bertz CT molecular complexity index is 757. The molecule has 3 aromatic rings. The molecule has 0 aliphatic rings. The molecule has 0 saturated heterocycles. The number of benzene rings is 2. The topological polar surface area (TPSA) is 24.9 Å². The number of nitrogens with one attached hydrogen (secondary N) is 1. The predicted molar refractivity (Wildman–Crippen MR) is 89.8 cm³/mol. The Morgan fingerprint density at radius 3 is 2.79 bits per heavy atom. The van der Waals surface area contributed by atoms with Gasteiger partial charge in [0.05, 0.1) is 15.9 Å². The van der Waals surface area contributed by atoms with E-state index >= 15 is 0 Å². The molecule has 1 heterocycles. The van der Waals surface area contributed by atoms with Crippen molar-refractivity contribution in [3.05, 3.63) is 50.4 Å². The van der Waals surface area contributed by atoms with Crippen LogP contribution in [-0.2, 0) is 0 Å². The lowest BCUT2D eigenvalue weighted by Crippen LogP contribution is -1.90. The molecule has 0 aliphatic carbocycles. The molecule has 3 rings (SSSR count). The van der Waals surface area contributed by atoms with E-state index in [1.54, 1.807) is 11.3 Å². The second kappa shape index (κ2) is 5.40. The van der Waals surface area contributed by atoms with Crippen molar-refractivity contribution in [1.29, 1.82) is 0 Å². The standard InChI is InChI=1S/C13H7Br2ClN2S/c14-7-1-4-10-12(5-7)19-13(17-10)18-11-6-8(16)2-3-9(11)15/h1-6H,(H,17,18). The lowest BCUT2D eigenvalue weighted by Gasteiger charge is -2.05. The zero-order valence-corrected chi connectivity index (χ0v) is 14.2. The van der Waals surface area contributed by atoms with Gasteiger partial charge in [0.15, 0.2) is 5.13 Å². The van der Waals surface area contributed by atoms with Gasteiger partial charge in [0, 0.05) is 14.0 Å². The summed E-state index contributed by atoms with van der Waals surface area (Å²) in [5.74, 6) is 0. The van der Waals surface area contributed by atoms with Gasteiger partial charge in [0.1, 0.15) is 0 Å². The molecule has 2 nitrogen and oxygen atoms in total. The molecule has 6 heteroatoms. The van der Waals surface area contributed by atoms with Gasteiger partial charge in [-0.05, 0) is 52.3 Å². The summed E-state index contributed by atoms with van der Waals surface area (Å²) in [6, 6.07) is 11.7. The Kier molecular flexibility index (Phi) is 3.80. The fourth-order valence-corrected chi connectivity index (χ4v) is 3.61. The van der Waals surface area contributed by atoms with Gasteiger partial charge in [-0.2, -0.15) is 0 Å². The largest absolute Gasteiger partial charge is 0.331 e. The van der Waals surface area contributed by atoms with Crippen LogP contribution in [0, 0.1) is 0 Å². The van der Waals surface area contributed by atoms with Crippen molar-refractivity contribution in [2.75, 3.05) is 5.32 Å². The maximum Gasteiger partial charge on any atom is 0.188 e. The molecule has 0 bridgehead atoms. The number of hydrogen-bond acceptors (Lipinski definition) is 3. The summed E-state index contributed by atoms with van der Waals surface area (Å²) in [5.41, 5.74) is 1.89. The quantitative estimate of drug-likeness (QED) is 0.534. The van der Waals surface area contributed by atoms with Gasteiger partial charge in [0.25, 0.3) is 0 Å². The normalized spacial score (nSPS) is 10.9. The van der Waals surface area contributed by atoms with Crippen LogP contribution >= 0.6 is 54.8 Å². The molecule has 1 aromatic heterocycles. The second-order valence-electron chi connectivity index (χ2n) is 3.88. The average molecular weight is 419 g/mol. The van der Waals surface area contributed by atoms with Gasteiger partial charge < -0.3 is 5.32 Å². The summed E-state index contributed by atoms with van der Waals surface area (Å²) in [6.07, 6.45) is 0. The van der Waals surface area contributed by atoms with Gasteiger partial charge in [-0.3, -0.25) is 0 Å². The first-order valence-corrected chi connectivity index (χ1v) is 8.18. The third-order valence-corrected chi connectivity index (χ3v) is 4.87. The molecule has 0 spiro atoms. The fraction of sp³-hybridized carbons (Fsp3) is 0. The van der Waals surface area contributed by atoms with Crippen LogP contribution in [0.15, 0.2) is 45.3 Å². The molecule has 2 aromatic carbocycles. The van der Waals surface area contributed by atoms with E-state index in [0.717, 1.165) is 30.0 Å². The Morgan fingerprint density at radius 1 is 1.11 bits per heavy atom. The molecule has 0 fully saturated rings. The van der Waals surface area contributed by atoms with Crippen LogP contribution in [0.1, 0.15) is 0 Å². The molecular weight excluding hydrogens is 411 g/mol. The second-order valence-corrected chi connectivity index (χ2v) is 7.12. The third-order valence-electron chi connectivity index (χ3n) is 2.52. The van der Waals surface area contributed by atoms with Gasteiger partial charge in [-0.25, -0.2) is 4.98 Å². The highest BCUT2D eigenvalue weighted by molar-refractivity contribution is 9.10. The molecule has 0 amide bonds. The number of nitrogens with zero attached hydrogens (tertiary/aromatic N) is 1. The van der Waals surface area contributed by atoms with Gasteiger partial charge >= 0.3 is 0 Å². The summed E-state index contributed by atoms with van der Waals surface area (Å²) in [4.78, 5) is 4.54. The van der Waals surface area contributed by atoms with Crippen LogP contribution in [0.5, 0.6) is 0 Å². The van der Waals surface area contributed by atoms with Crippen molar-refractivity contribution in [3.63, 3.8) is 0 Å². The minimum absolute atomic E-state index is 0.689. The maximum atomic E-state index is 6.00. The van der Waals surface area contributed by atoms with Crippen LogP contribution in [0.2, 0.25) is 5.02 Å². The molecule has 0 unspecified atom stereocenters. The number of aromatic nitrogens is 1. The summed E-state index contributed by atoms with van der Waals surface area (Å²) >= 11 is 14.6. The lowest BCUT2D eigenvalue weighted by molar-refractivity contribution is 1.43. The number of anilines is 2. The Morgan fingerprint density at radius 2 is 1.95 bits per heavy atom. The van der Waals surface area contributed by atoms with Crippen molar-refractivity contribution in [2.24, 2.45) is 0 Å². The van der Waals surface area contributed by atoms with Crippen LogP contribution in [0.4, 0.5) is 10.8 Å². The SMILES string of the molecule is Clc1ccc(Br)c(Nc2nc3ccc(Br)cc3s2)c1. The van der Waals surface area contributed by atoms with E-state index in [9.17, 15) is 0 Å². The van der Waals surface area contributed by atoms with E-state index in [-0.39, 0.29) is 0 Å². The molecule has 0 saturated carbocycles. The first-order valence-electron chi connectivity index (χ1n) is 5.40. The van der Waals surface area contributed by atoms with Crippen molar-refractivity contribution >= 4 is 75.8 Å². The van der Waals surface area contributed by atoms with Gasteiger partial charge in [-0.15, -0.1) is 0 Å². The monoisotopic (exact) mass is 416 g/mol. The zero-order valence-electron chi connectivity index (χ0n) is 9.45. The molecule has 1 N–H and O–H groups in total. The summed E-state index contributed by atoms with van der Waals surface area (Å²) in [5, 5.41) is 4.82. The van der Waals surface area contributed by atoms with Crippen molar-refractivity contribution < 1.29 is 0 Å². The fourth-order valence-electron chi connectivity index (χ4n) is 1.66. The summed E-state index contributed by atoms with van der Waals surface area (Å²) < 4.78 is 3.14. The third kappa shape index (κ3) is 2.94. The highest BCUT2D eigenvalue weighted by Gasteiger charge is 2.07. The highest BCUT2D eigenvalue weighted by Crippen LogP contribution is 2.33. The van der Waals surface area contributed by atoms with E-state index in [4.69, 9.17) is 11.6 Å². The zero-order chi connectivity index (χ0) is 13.4. The van der Waals surface area contributed by atoms with Crippen LogP contribution in [0.3, 0.4) is 0 Å². The van der Waals surface area contributed by atoms with Crippen LogP contribution in [-0.4, -0.2) is 4.98 Å². The van der Waals surface area contributed by atoms with Gasteiger partial charge in [-0.1, -0.05) is 38.9 Å². The number of thiazole rings is 1. The smallest absolute Gasteiger partial charge is 0.188 e. The molecule has 96 valence electrons. The molecule has 0 aliphatic heterocycles. The van der Waals surface area contributed by atoms with Crippen molar-refractivity contribution in [2.45, 2.75) is 0 Å². The molecular formula is C13H7Br2ClN2S. The number of halogens is 3. The van der Waals surface area contributed by atoms with Crippen LogP contribution < -0.4 is 5.32 Å². The van der Waals surface area contributed by atoms with E-state index in [1.807, 2.05) is 30.3 Å². The Labute approximate surface area is 136 Å². The minimum Gasteiger partial charge on any atom is -0.331 e. The van der Waals surface area contributed by atoms with Crippen molar-refractivity contribution in [1.82, 2.24) is 4.98 Å². The van der Waals surface area contributed by atoms with Gasteiger partial charge in [0.2, 0.25) is 0 Å². The predicted octanol–water partition coefficient (Wildman–Crippen LogP) is 6.22. The average Bonchev–Trinajstić information content (AvgIpc) is 2.75. The van der Waals surface area contributed by atoms with Crippen LogP contribution in [0.25, 0.3) is 10.2 Å². The Hall–Kier alpha value is -0.620. The number of fused-ring (bicyclic) bond motifs is 1. The molecule has 0 radical (unpaired) electrons. The summed E-state index contributed by atoms with van der Waals surface area (Å²) in [6.45, 7) is 0. The summed E-state index contributed by atoms with van der Waals surface area (Å²) in [7, 11) is 0. The highest BCUT2D eigenvalue weighted by atomic mass is 79.9. The van der Waals surface area contributed by atoms with E-state index in [1.165, 1.54) is 0 Å². The Balaban J connectivity index is 1.98. The minimum atomic E-state index is 0.689. The number of rotatable bonds is 2. The molecule has 19 heavy (non-hydrogen) atoms. The first kappa shape index (κ1) is 13.4. The van der Waals surface area contributed by atoms with Crippen molar-refractivity contribution in [3.8, 4) is 0 Å². The maximum absolute atomic E-state index is 6.00. The van der Waals surface area contributed by atoms with E-state index in [2.05, 4.69) is 48.2 Å².